The Morgan fingerprint density at radius 3 is 2.44 bits per heavy atom. The van der Waals surface area contributed by atoms with Gasteiger partial charge in [-0.3, -0.25) is 9.59 Å². The van der Waals surface area contributed by atoms with Crippen LogP contribution in [0, 0.1) is 0 Å². The molecule has 0 aliphatic carbocycles. The second kappa shape index (κ2) is 10.1. The fourth-order valence-corrected chi connectivity index (χ4v) is 5.11. The molecule has 2 saturated heterocycles. The lowest BCUT2D eigenvalue weighted by Crippen LogP contribution is -2.40. The first-order valence-corrected chi connectivity index (χ1v) is 12.1. The Balaban J connectivity index is 1.57. The third-order valence-corrected chi connectivity index (χ3v) is 7.02. The second-order valence-corrected chi connectivity index (χ2v) is 9.08. The Bertz CT molecular complexity index is 1200. The number of methoxy groups -OCH3 is 2. The minimum absolute atomic E-state index is 0.0322. The fraction of sp³-hybridized carbons (Fsp3) is 0.407. The standard InChI is InChI=1S/C27H30N2O7/c1-33-19-8-6-17(14-21(19)34-2)24-23(25(30)18-7-9-20-22(15-18)36-16-35-20)26(31)27(32)29(24)13-12-28-10-4-3-5-11-28/h6-9,14-15,24,30H,3-5,10-13,16H2,1-2H3/b25-23+. The van der Waals surface area contributed by atoms with Crippen LogP contribution in [0.1, 0.15) is 36.4 Å². The summed E-state index contributed by atoms with van der Waals surface area (Å²) in [4.78, 5) is 30.5. The molecule has 1 amide bonds. The Hall–Kier alpha value is -3.72. The van der Waals surface area contributed by atoms with Gasteiger partial charge in [0.15, 0.2) is 23.0 Å². The summed E-state index contributed by atoms with van der Waals surface area (Å²) >= 11 is 0. The quantitative estimate of drug-likeness (QED) is 0.356. The van der Waals surface area contributed by atoms with Crippen molar-refractivity contribution >= 4 is 17.4 Å². The molecule has 3 heterocycles. The van der Waals surface area contributed by atoms with E-state index in [-0.39, 0.29) is 18.1 Å². The van der Waals surface area contributed by atoms with Crippen molar-refractivity contribution in [3.8, 4) is 23.0 Å². The molecule has 3 aliphatic rings. The molecule has 0 saturated carbocycles. The Morgan fingerprint density at radius 2 is 1.69 bits per heavy atom. The van der Waals surface area contributed by atoms with Gasteiger partial charge in [0.1, 0.15) is 5.76 Å². The van der Waals surface area contributed by atoms with Gasteiger partial charge in [0, 0.05) is 18.7 Å². The second-order valence-electron chi connectivity index (χ2n) is 9.08. The molecule has 9 heteroatoms. The van der Waals surface area contributed by atoms with Gasteiger partial charge in [0.25, 0.3) is 11.7 Å². The van der Waals surface area contributed by atoms with Gasteiger partial charge in [0.05, 0.1) is 25.8 Å². The van der Waals surface area contributed by atoms with E-state index in [1.165, 1.54) is 13.5 Å². The van der Waals surface area contributed by atoms with Crippen molar-refractivity contribution in [2.24, 2.45) is 0 Å². The van der Waals surface area contributed by atoms with Crippen LogP contribution < -0.4 is 18.9 Å². The molecule has 1 atom stereocenters. The zero-order chi connectivity index (χ0) is 25.2. The van der Waals surface area contributed by atoms with Crippen LogP contribution in [0.15, 0.2) is 42.0 Å². The number of aliphatic hydroxyl groups excluding tert-OH is 1. The molecule has 0 spiro atoms. The maximum atomic E-state index is 13.3. The molecule has 36 heavy (non-hydrogen) atoms. The van der Waals surface area contributed by atoms with Gasteiger partial charge in [-0.2, -0.15) is 0 Å². The van der Waals surface area contributed by atoms with Crippen LogP contribution in [0.5, 0.6) is 23.0 Å². The van der Waals surface area contributed by atoms with Crippen LogP contribution >= 0.6 is 0 Å². The maximum Gasteiger partial charge on any atom is 0.295 e. The molecule has 0 bridgehead atoms. The third kappa shape index (κ3) is 4.35. The van der Waals surface area contributed by atoms with E-state index in [2.05, 4.69) is 4.90 Å². The van der Waals surface area contributed by atoms with Crippen LogP contribution in [0.25, 0.3) is 5.76 Å². The molecular weight excluding hydrogens is 464 g/mol. The van der Waals surface area contributed by atoms with E-state index in [1.54, 1.807) is 48.4 Å². The Labute approximate surface area is 209 Å². The van der Waals surface area contributed by atoms with Gasteiger partial charge in [0.2, 0.25) is 6.79 Å². The SMILES string of the molecule is COc1ccc(C2/C(=C(\O)c3ccc4c(c3)OCO4)C(=O)C(=O)N2CCN2CCCCC2)cc1OC. The number of benzene rings is 2. The fourth-order valence-electron chi connectivity index (χ4n) is 5.11. The molecular formula is C27H30N2O7. The van der Waals surface area contributed by atoms with Crippen LogP contribution in [-0.2, 0) is 9.59 Å². The third-order valence-electron chi connectivity index (χ3n) is 7.02. The van der Waals surface area contributed by atoms with Crippen molar-refractivity contribution in [2.75, 3.05) is 47.2 Å². The van der Waals surface area contributed by atoms with Crippen LogP contribution in [0.3, 0.4) is 0 Å². The average molecular weight is 495 g/mol. The number of ether oxygens (including phenoxy) is 4. The zero-order valence-corrected chi connectivity index (χ0v) is 20.5. The van der Waals surface area contributed by atoms with Gasteiger partial charge < -0.3 is 33.9 Å². The van der Waals surface area contributed by atoms with Gasteiger partial charge in [-0.1, -0.05) is 12.5 Å². The number of fused-ring (bicyclic) bond motifs is 1. The zero-order valence-electron chi connectivity index (χ0n) is 20.5. The van der Waals surface area contributed by atoms with E-state index in [0.29, 0.717) is 47.2 Å². The van der Waals surface area contributed by atoms with Crippen LogP contribution in [-0.4, -0.2) is 73.8 Å². The van der Waals surface area contributed by atoms with E-state index in [4.69, 9.17) is 18.9 Å². The summed E-state index contributed by atoms with van der Waals surface area (Å²) in [7, 11) is 3.07. The van der Waals surface area contributed by atoms with Crippen molar-refractivity contribution in [1.29, 1.82) is 0 Å². The van der Waals surface area contributed by atoms with E-state index in [9.17, 15) is 14.7 Å². The molecule has 5 rings (SSSR count). The predicted molar refractivity (Wildman–Crippen MR) is 131 cm³/mol. The van der Waals surface area contributed by atoms with Crippen LogP contribution in [0.2, 0.25) is 0 Å². The van der Waals surface area contributed by atoms with Gasteiger partial charge in [-0.25, -0.2) is 0 Å². The van der Waals surface area contributed by atoms with E-state index >= 15 is 0 Å². The van der Waals surface area contributed by atoms with Gasteiger partial charge >= 0.3 is 0 Å². The number of hydrogen-bond donors (Lipinski definition) is 1. The largest absolute Gasteiger partial charge is 0.507 e. The Kier molecular flexibility index (Phi) is 6.73. The molecule has 0 radical (unpaired) electrons. The maximum absolute atomic E-state index is 13.3. The molecule has 3 aliphatic heterocycles. The number of likely N-dealkylation sites (tertiary alicyclic amines) is 2. The molecule has 2 aromatic rings. The number of hydrogen-bond acceptors (Lipinski definition) is 8. The molecule has 190 valence electrons. The minimum atomic E-state index is -0.778. The van der Waals surface area contributed by atoms with Crippen molar-refractivity contribution in [1.82, 2.24) is 9.80 Å². The molecule has 0 aromatic heterocycles. The van der Waals surface area contributed by atoms with Gasteiger partial charge in [-0.15, -0.1) is 0 Å². The highest BCUT2D eigenvalue weighted by atomic mass is 16.7. The summed E-state index contributed by atoms with van der Waals surface area (Å²) in [5.41, 5.74) is 1.05. The van der Waals surface area contributed by atoms with E-state index < -0.39 is 17.7 Å². The normalized spacial score (nSPS) is 21.2. The van der Waals surface area contributed by atoms with Crippen molar-refractivity contribution in [3.63, 3.8) is 0 Å². The van der Waals surface area contributed by atoms with Crippen molar-refractivity contribution in [3.05, 3.63) is 53.1 Å². The number of carbonyl (C=O) groups is 2. The number of ketones is 1. The summed E-state index contributed by atoms with van der Waals surface area (Å²) in [6, 6.07) is 9.43. The molecule has 1 unspecified atom stereocenters. The highest BCUT2D eigenvalue weighted by molar-refractivity contribution is 6.46. The Morgan fingerprint density at radius 1 is 0.944 bits per heavy atom. The number of rotatable bonds is 7. The summed E-state index contributed by atoms with van der Waals surface area (Å²) in [5.74, 6) is 0.428. The lowest BCUT2D eigenvalue weighted by molar-refractivity contribution is -0.140. The smallest absolute Gasteiger partial charge is 0.295 e. The summed E-state index contributed by atoms with van der Waals surface area (Å²) in [6.07, 6.45) is 3.46. The summed E-state index contributed by atoms with van der Waals surface area (Å²) in [5, 5.41) is 11.4. The lowest BCUT2D eigenvalue weighted by Gasteiger charge is -2.31. The number of amides is 1. The first kappa shape index (κ1) is 24.0. The highest BCUT2D eigenvalue weighted by Gasteiger charge is 2.46. The number of piperidine rings is 1. The molecule has 2 fully saturated rings. The molecule has 1 N–H and O–H groups in total. The number of nitrogens with zero attached hydrogens (tertiary/aromatic N) is 2. The summed E-state index contributed by atoms with van der Waals surface area (Å²) < 4.78 is 21.7. The number of Topliss-reactive ketones (excluding diaryl/α,β-unsaturated/α-hetero) is 1. The number of aliphatic hydroxyl groups is 1. The van der Waals surface area contributed by atoms with Gasteiger partial charge in [-0.05, 0) is 61.8 Å². The minimum Gasteiger partial charge on any atom is -0.507 e. The van der Waals surface area contributed by atoms with Crippen molar-refractivity contribution in [2.45, 2.75) is 25.3 Å². The average Bonchev–Trinajstić information content (AvgIpc) is 3.49. The molecule has 9 nitrogen and oxygen atoms in total. The predicted octanol–water partition coefficient (Wildman–Crippen LogP) is 3.34. The monoisotopic (exact) mass is 494 g/mol. The molecule has 2 aromatic carbocycles. The summed E-state index contributed by atoms with van der Waals surface area (Å²) in [6.45, 7) is 3.05. The van der Waals surface area contributed by atoms with Crippen molar-refractivity contribution < 1.29 is 33.6 Å². The first-order valence-electron chi connectivity index (χ1n) is 12.1. The first-order chi connectivity index (χ1) is 17.5. The lowest BCUT2D eigenvalue weighted by atomic mass is 9.95. The topological polar surface area (TPSA) is 97.8 Å². The van der Waals surface area contributed by atoms with E-state index in [1.807, 2.05) is 0 Å². The van der Waals surface area contributed by atoms with E-state index in [0.717, 1.165) is 25.9 Å². The van der Waals surface area contributed by atoms with Crippen LogP contribution in [0.4, 0.5) is 0 Å². The highest BCUT2D eigenvalue weighted by Crippen LogP contribution is 2.43. The number of carbonyl (C=O) groups excluding carboxylic acids is 2.